The van der Waals surface area contributed by atoms with Crippen molar-refractivity contribution in [2.45, 2.75) is 31.7 Å². The summed E-state index contributed by atoms with van der Waals surface area (Å²) in [4.78, 5) is 6.64. The molecule has 12 nitrogen and oxygen atoms in total. The molecule has 0 spiro atoms. The zero-order chi connectivity index (χ0) is 28.9. The van der Waals surface area contributed by atoms with Crippen molar-refractivity contribution in [2.24, 2.45) is 0 Å². The van der Waals surface area contributed by atoms with Crippen molar-refractivity contribution in [3.63, 3.8) is 0 Å². The van der Waals surface area contributed by atoms with Gasteiger partial charge in [0, 0.05) is 49.8 Å². The number of unbranched alkanes of at least 4 members (excludes halogenated alkanes) is 1. The Morgan fingerprint density at radius 1 is 0.976 bits per heavy atom. The fourth-order valence-electron chi connectivity index (χ4n) is 5.21. The van der Waals surface area contributed by atoms with Gasteiger partial charge in [0.05, 0.1) is 37.6 Å². The minimum absolute atomic E-state index is 0.119. The highest BCUT2D eigenvalue weighted by atomic mass is 19.2. The van der Waals surface area contributed by atoms with Gasteiger partial charge in [0.1, 0.15) is 11.5 Å². The third-order valence-electron chi connectivity index (χ3n) is 7.61. The predicted molar refractivity (Wildman–Crippen MR) is 149 cm³/mol. The van der Waals surface area contributed by atoms with E-state index in [1.165, 1.54) is 12.1 Å². The Hall–Kier alpha value is -4.01. The molecule has 0 amide bonds. The van der Waals surface area contributed by atoms with Gasteiger partial charge in [-0.05, 0) is 60.9 Å². The van der Waals surface area contributed by atoms with E-state index in [-0.39, 0.29) is 35.7 Å². The first-order valence-corrected chi connectivity index (χ1v) is 14.2. The highest BCUT2D eigenvalue weighted by Gasteiger charge is 2.23. The summed E-state index contributed by atoms with van der Waals surface area (Å²) in [6.45, 7) is 5.91. The number of morpholine rings is 1. The lowest BCUT2D eigenvalue weighted by molar-refractivity contribution is 0.0367. The molecular formula is C28H33F2N9O3. The van der Waals surface area contributed by atoms with E-state index in [2.05, 4.69) is 30.5 Å². The largest absolute Gasteiger partial charge is 0.490 e. The van der Waals surface area contributed by atoms with Crippen molar-refractivity contribution >= 4 is 5.82 Å². The topological polar surface area (TPSA) is 131 Å². The summed E-state index contributed by atoms with van der Waals surface area (Å²) in [7, 11) is 0. The summed E-state index contributed by atoms with van der Waals surface area (Å²) in [6, 6.07) is 4.79. The maximum Gasteiger partial charge on any atom is 0.202 e. The first-order valence-electron chi connectivity index (χ1n) is 14.2. The van der Waals surface area contributed by atoms with Crippen LogP contribution in [0.4, 0.5) is 14.6 Å². The van der Waals surface area contributed by atoms with Crippen LogP contribution >= 0.6 is 0 Å². The second-order valence-corrected chi connectivity index (χ2v) is 10.3. The van der Waals surface area contributed by atoms with E-state index in [1.807, 2.05) is 10.9 Å². The van der Waals surface area contributed by atoms with Crippen LogP contribution in [0.25, 0.3) is 28.2 Å². The molecule has 0 aliphatic carbocycles. The van der Waals surface area contributed by atoms with E-state index in [9.17, 15) is 0 Å². The average molecular weight is 582 g/mol. The molecule has 2 aliphatic rings. The molecule has 1 aromatic carbocycles. The molecule has 42 heavy (non-hydrogen) atoms. The highest BCUT2D eigenvalue weighted by molar-refractivity contribution is 5.76. The van der Waals surface area contributed by atoms with Gasteiger partial charge in [-0.1, -0.05) is 0 Å². The van der Waals surface area contributed by atoms with E-state index in [0.717, 1.165) is 67.9 Å². The number of hydrogen-bond acceptors (Lipinski definition) is 10. The molecule has 0 bridgehead atoms. The maximum absolute atomic E-state index is 15.3. The smallest absolute Gasteiger partial charge is 0.202 e. The van der Waals surface area contributed by atoms with Crippen molar-refractivity contribution in [3.05, 3.63) is 48.4 Å². The van der Waals surface area contributed by atoms with Crippen molar-refractivity contribution in [1.82, 2.24) is 39.9 Å². The van der Waals surface area contributed by atoms with Gasteiger partial charge >= 0.3 is 0 Å². The minimum atomic E-state index is -1.13. The third-order valence-corrected chi connectivity index (χ3v) is 7.61. The van der Waals surface area contributed by atoms with Crippen molar-refractivity contribution in [3.8, 4) is 34.0 Å². The molecule has 5 heterocycles. The van der Waals surface area contributed by atoms with E-state index in [0.29, 0.717) is 25.2 Å². The summed E-state index contributed by atoms with van der Waals surface area (Å²) < 4.78 is 49.8. The molecule has 222 valence electrons. The second-order valence-electron chi connectivity index (χ2n) is 10.3. The maximum atomic E-state index is 15.3. The number of nitrogens with two attached hydrogens (primary N) is 1. The summed E-state index contributed by atoms with van der Waals surface area (Å²) >= 11 is 0. The Balaban J connectivity index is 1.17. The Labute approximate surface area is 241 Å². The second kappa shape index (κ2) is 12.9. The zero-order valence-corrected chi connectivity index (χ0v) is 23.2. The number of aromatic nitrogens is 7. The van der Waals surface area contributed by atoms with Gasteiger partial charge in [-0.15, -0.1) is 5.10 Å². The number of halogens is 2. The molecule has 0 unspecified atom stereocenters. The average Bonchev–Trinajstić information content (AvgIpc) is 3.71. The number of anilines is 1. The molecule has 0 atom stereocenters. The van der Waals surface area contributed by atoms with Gasteiger partial charge in [0.15, 0.2) is 17.4 Å². The molecule has 0 saturated carbocycles. The van der Waals surface area contributed by atoms with Crippen molar-refractivity contribution in [1.29, 1.82) is 0 Å². The van der Waals surface area contributed by atoms with Crippen LogP contribution < -0.4 is 10.5 Å². The van der Waals surface area contributed by atoms with Crippen LogP contribution in [-0.4, -0.2) is 92.5 Å². The van der Waals surface area contributed by atoms with Gasteiger partial charge < -0.3 is 19.9 Å². The van der Waals surface area contributed by atoms with Crippen molar-refractivity contribution in [2.75, 3.05) is 58.4 Å². The summed E-state index contributed by atoms with van der Waals surface area (Å²) in [5.74, 6) is -2.14. The van der Waals surface area contributed by atoms with Crippen LogP contribution in [0.5, 0.6) is 5.75 Å². The molecule has 2 fully saturated rings. The number of nitrogen functional groups attached to an aromatic ring is 1. The molecule has 6 rings (SSSR count). The first-order chi connectivity index (χ1) is 20.6. The standard InChI is InChI=1S/C28H33F2N9O3/c29-25-23(3-4-24(26(25)30)42-10-2-1-7-37-8-13-41-14-9-37)39-28(34-35-36-39)22-15-19(16-32-27(22)31)20-17-33-38(18-20)21-5-11-40-12-6-21/h3-4,15-18,21H,1-2,5-14H2,(H2,31,32). The lowest BCUT2D eigenvalue weighted by Gasteiger charge is -2.26. The van der Waals surface area contributed by atoms with E-state index in [4.69, 9.17) is 19.9 Å². The number of nitrogens with zero attached hydrogens (tertiary/aromatic N) is 8. The van der Waals surface area contributed by atoms with E-state index < -0.39 is 11.6 Å². The van der Waals surface area contributed by atoms with Crippen LogP contribution in [0.3, 0.4) is 0 Å². The molecule has 2 aliphatic heterocycles. The number of benzene rings is 1. The zero-order valence-electron chi connectivity index (χ0n) is 23.2. The van der Waals surface area contributed by atoms with Gasteiger partial charge in [0.2, 0.25) is 5.82 Å². The monoisotopic (exact) mass is 581 g/mol. The Bertz CT molecular complexity index is 1500. The highest BCUT2D eigenvalue weighted by Crippen LogP contribution is 2.32. The van der Waals surface area contributed by atoms with Gasteiger partial charge in [0.25, 0.3) is 0 Å². The lowest BCUT2D eigenvalue weighted by Crippen LogP contribution is -2.36. The van der Waals surface area contributed by atoms with Crippen LogP contribution in [0.2, 0.25) is 0 Å². The third kappa shape index (κ3) is 6.10. The quantitative estimate of drug-likeness (QED) is 0.278. The molecule has 2 saturated heterocycles. The first kappa shape index (κ1) is 28.1. The lowest BCUT2D eigenvalue weighted by atomic mass is 10.1. The van der Waals surface area contributed by atoms with Crippen LogP contribution in [-0.2, 0) is 9.47 Å². The summed E-state index contributed by atoms with van der Waals surface area (Å²) in [5.41, 5.74) is 7.95. The van der Waals surface area contributed by atoms with Crippen LogP contribution in [0.15, 0.2) is 36.8 Å². The normalized spacial score (nSPS) is 16.6. The predicted octanol–water partition coefficient (Wildman–Crippen LogP) is 3.29. The van der Waals surface area contributed by atoms with E-state index >= 15 is 8.78 Å². The van der Waals surface area contributed by atoms with Gasteiger partial charge in [-0.25, -0.2) is 9.37 Å². The number of hydrogen-bond donors (Lipinski definition) is 1. The minimum Gasteiger partial charge on any atom is -0.490 e. The number of rotatable bonds is 10. The summed E-state index contributed by atoms with van der Waals surface area (Å²) in [5, 5.41) is 16.2. The Morgan fingerprint density at radius 2 is 1.79 bits per heavy atom. The fraction of sp³-hybridized carbons (Fsp3) is 0.464. The molecule has 4 aromatic rings. The molecule has 14 heteroatoms. The molecule has 3 aromatic heterocycles. The molecule has 0 radical (unpaired) electrons. The van der Waals surface area contributed by atoms with Gasteiger partial charge in [-0.3, -0.25) is 9.58 Å². The van der Waals surface area contributed by atoms with Gasteiger partial charge in [-0.2, -0.15) is 14.2 Å². The Kier molecular flexibility index (Phi) is 8.63. The number of pyridine rings is 1. The van der Waals surface area contributed by atoms with E-state index in [1.54, 1.807) is 18.5 Å². The summed E-state index contributed by atoms with van der Waals surface area (Å²) in [6.07, 6.45) is 8.72. The number of tetrazole rings is 1. The van der Waals surface area contributed by atoms with Crippen LogP contribution in [0, 0.1) is 11.6 Å². The van der Waals surface area contributed by atoms with Crippen LogP contribution in [0.1, 0.15) is 31.7 Å². The number of ether oxygens (including phenoxy) is 3. The van der Waals surface area contributed by atoms with Crippen molar-refractivity contribution < 1.29 is 23.0 Å². The molecule has 2 N–H and O–H groups in total. The fourth-order valence-corrected chi connectivity index (χ4v) is 5.21. The SMILES string of the molecule is Nc1ncc(-c2cnn(C3CCOCC3)c2)cc1-c1nnnn1-c1ccc(OCCCCN2CCOCC2)c(F)c1F. The Morgan fingerprint density at radius 3 is 2.62 bits per heavy atom. The molecular weight excluding hydrogens is 548 g/mol.